The summed E-state index contributed by atoms with van der Waals surface area (Å²) in [5.74, 6) is -0.402. The van der Waals surface area contributed by atoms with Crippen LogP contribution in [0, 0.1) is 0 Å². The molecule has 216 valence electrons. The predicted octanol–water partition coefficient (Wildman–Crippen LogP) is 4.08. The molecule has 1 atom stereocenters. The maximum Gasteiger partial charge on any atom is 0.411 e. The van der Waals surface area contributed by atoms with Crippen LogP contribution in [0.2, 0.25) is 10.2 Å². The molecule has 0 bridgehead atoms. The topological polar surface area (TPSA) is 169 Å². The summed E-state index contributed by atoms with van der Waals surface area (Å²) >= 11 is 12.7. The van der Waals surface area contributed by atoms with Gasteiger partial charge in [0.15, 0.2) is 0 Å². The van der Waals surface area contributed by atoms with Crippen LogP contribution < -0.4 is 16.0 Å². The molecule has 13 nitrogen and oxygen atoms in total. The Morgan fingerprint density at radius 1 is 1.17 bits per heavy atom. The van der Waals surface area contributed by atoms with Crippen molar-refractivity contribution in [2.24, 2.45) is 0 Å². The quantitative estimate of drug-likeness (QED) is 0.195. The Hall–Kier alpha value is -4.75. The van der Waals surface area contributed by atoms with E-state index in [1.165, 1.54) is 24.2 Å². The van der Waals surface area contributed by atoms with Gasteiger partial charge < -0.3 is 20.4 Å². The van der Waals surface area contributed by atoms with Crippen LogP contribution in [0.1, 0.15) is 36.7 Å². The van der Waals surface area contributed by atoms with Gasteiger partial charge in [0, 0.05) is 34.0 Å². The zero-order chi connectivity index (χ0) is 29.6. The molecule has 2 heterocycles. The number of hydrogen-bond donors (Lipinski definition) is 4. The Morgan fingerprint density at radius 3 is 2.64 bits per heavy atom. The number of aromatic nitrogens is 6. The number of carbonyl (C=O) groups is 3. The molecule has 0 spiro atoms. The first-order chi connectivity index (χ1) is 20.3. The Morgan fingerprint density at radius 2 is 1.95 bits per heavy atom. The van der Waals surface area contributed by atoms with Gasteiger partial charge in [0.2, 0.25) is 11.8 Å². The molecule has 1 fully saturated rings. The lowest BCUT2D eigenvalue weighted by atomic mass is 10.1. The van der Waals surface area contributed by atoms with Crippen LogP contribution in [0.4, 0.5) is 10.5 Å². The summed E-state index contributed by atoms with van der Waals surface area (Å²) in [4.78, 5) is 44.9. The number of halogens is 2. The molecule has 1 aliphatic carbocycles. The highest BCUT2D eigenvalue weighted by Crippen LogP contribution is 2.30. The molecule has 0 radical (unpaired) electrons. The van der Waals surface area contributed by atoms with Crippen LogP contribution in [0.25, 0.3) is 23.0 Å². The van der Waals surface area contributed by atoms with Crippen molar-refractivity contribution in [2.45, 2.75) is 31.3 Å². The van der Waals surface area contributed by atoms with Gasteiger partial charge in [-0.25, -0.2) is 9.78 Å². The zero-order valence-corrected chi connectivity index (χ0v) is 23.7. The third-order valence-electron chi connectivity index (χ3n) is 6.25. The molecule has 4 aromatic rings. The van der Waals surface area contributed by atoms with E-state index in [-0.39, 0.29) is 23.5 Å². The summed E-state index contributed by atoms with van der Waals surface area (Å²) in [7, 11) is 1.27. The molecule has 15 heteroatoms. The molecule has 4 N–H and O–H groups in total. The molecular formula is C27H25Cl2N9O4. The fourth-order valence-electron chi connectivity index (χ4n) is 4.05. The minimum atomic E-state index is -0.814. The fourth-order valence-corrected chi connectivity index (χ4v) is 4.47. The van der Waals surface area contributed by atoms with Crippen molar-refractivity contribution in [3.8, 4) is 16.9 Å². The van der Waals surface area contributed by atoms with E-state index in [0.717, 1.165) is 12.8 Å². The van der Waals surface area contributed by atoms with Crippen LogP contribution in [-0.4, -0.2) is 61.2 Å². The van der Waals surface area contributed by atoms with Crippen LogP contribution in [0.5, 0.6) is 0 Å². The number of amides is 3. The number of hydrogen-bond acceptors (Lipinski definition) is 8. The zero-order valence-electron chi connectivity index (χ0n) is 22.2. The number of H-pyrrole nitrogens is 1. The molecule has 3 amide bonds. The van der Waals surface area contributed by atoms with Crippen molar-refractivity contribution in [1.82, 2.24) is 40.8 Å². The summed E-state index contributed by atoms with van der Waals surface area (Å²) in [6.07, 6.45) is 5.51. The van der Waals surface area contributed by atoms with E-state index >= 15 is 0 Å². The second-order valence-electron chi connectivity index (χ2n) is 9.38. The van der Waals surface area contributed by atoms with Gasteiger partial charge in [-0.05, 0) is 59.7 Å². The van der Waals surface area contributed by atoms with Crippen molar-refractivity contribution in [3.05, 3.63) is 76.4 Å². The summed E-state index contributed by atoms with van der Waals surface area (Å²) in [6, 6.07) is 11.2. The third-order valence-corrected chi connectivity index (χ3v) is 6.75. The van der Waals surface area contributed by atoms with Gasteiger partial charge in [-0.1, -0.05) is 35.3 Å². The molecule has 1 saturated carbocycles. The minimum Gasteiger partial charge on any atom is -0.453 e. The highest BCUT2D eigenvalue weighted by molar-refractivity contribution is 6.32. The third kappa shape index (κ3) is 7.30. The van der Waals surface area contributed by atoms with Crippen LogP contribution in [0.3, 0.4) is 0 Å². The number of nitrogens with one attached hydrogen (secondary N) is 4. The standard InChI is InChI=1S/C27H25Cl2N9O4/c1-42-27(41)32-19-6-2-15(3-7-19)24-25(29)35-26(34-24)20(13-23(40)31-18-8-9-18)33-22(39)11-4-16-12-17(28)5-10-21(16)38-14-30-36-37-38/h2-7,10-12,14,18,20H,8-9,13H2,1H3,(H,31,40)(H,32,41)(H,33,39)(H,34,35)/t20-/m0/s1. The smallest absolute Gasteiger partial charge is 0.411 e. The Bertz CT molecular complexity index is 1620. The van der Waals surface area contributed by atoms with E-state index in [4.69, 9.17) is 23.2 Å². The van der Waals surface area contributed by atoms with Crippen molar-refractivity contribution < 1.29 is 19.1 Å². The SMILES string of the molecule is COC(=O)Nc1ccc(-c2nc([C@H](CC(=O)NC3CC3)NC(=O)C=Cc3cc(Cl)ccc3-n3cnnn3)[nH]c2Cl)cc1. The molecule has 1 aliphatic rings. The van der Waals surface area contributed by atoms with E-state index < -0.39 is 18.0 Å². The maximum atomic E-state index is 13.1. The van der Waals surface area contributed by atoms with Crippen LogP contribution in [-0.2, 0) is 14.3 Å². The number of tetrazole rings is 1. The average molecular weight is 610 g/mol. The van der Waals surface area contributed by atoms with Gasteiger partial charge in [0.25, 0.3) is 0 Å². The number of carbonyl (C=O) groups excluding carboxylic acids is 3. The molecule has 0 unspecified atom stereocenters. The average Bonchev–Trinajstić information content (AvgIpc) is 3.44. The Balaban J connectivity index is 1.36. The lowest BCUT2D eigenvalue weighted by Gasteiger charge is -2.15. The Kier molecular flexibility index (Phi) is 8.79. The molecule has 2 aromatic carbocycles. The molecule has 5 rings (SSSR count). The van der Waals surface area contributed by atoms with Gasteiger partial charge in [-0.3, -0.25) is 14.9 Å². The predicted molar refractivity (Wildman–Crippen MR) is 155 cm³/mol. The summed E-state index contributed by atoms with van der Waals surface area (Å²) in [5.41, 5.74) is 2.81. The van der Waals surface area contributed by atoms with Crippen molar-refractivity contribution >= 4 is 52.9 Å². The first-order valence-electron chi connectivity index (χ1n) is 12.8. The van der Waals surface area contributed by atoms with Gasteiger partial charge in [-0.2, -0.15) is 4.68 Å². The fraction of sp³-hybridized carbons (Fsp3) is 0.222. The Labute approximate surface area is 249 Å². The maximum absolute atomic E-state index is 13.1. The monoisotopic (exact) mass is 609 g/mol. The van der Waals surface area contributed by atoms with Gasteiger partial charge in [-0.15, -0.1) is 5.10 Å². The number of nitrogens with zero attached hydrogens (tertiary/aromatic N) is 5. The van der Waals surface area contributed by atoms with E-state index in [9.17, 15) is 14.4 Å². The van der Waals surface area contributed by atoms with E-state index in [1.807, 2.05) is 0 Å². The van der Waals surface area contributed by atoms with Crippen molar-refractivity contribution in [3.63, 3.8) is 0 Å². The number of aromatic amines is 1. The lowest BCUT2D eigenvalue weighted by Crippen LogP contribution is -2.34. The lowest BCUT2D eigenvalue weighted by molar-refractivity contribution is -0.122. The second kappa shape index (κ2) is 12.8. The van der Waals surface area contributed by atoms with E-state index in [1.54, 1.807) is 48.5 Å². The molecule has 2 aromatic heterocycles. The molecule has 0 saturated heterocycles. The summed E-state index contributed by atoms with van der Waals surface area (Å²) in [6.45, 7) is 0. The van der Waals surface area contributed by atoms with Crippen LogP contribution >= 0.6 is 23.2 Å². The first-order valence-corrected chi connectivity index (χ1v) is 13.6. The number of benzene rings is 2. The highest BCUT2D eigenvalue weighted by Gasteiger charge is 2.27. The van der Waals surface area contributed by atoms with E-state index in [2.05, 4.69) is 46.2 Å². The number of ether oxygens (including phenoxy) is 1. The minimum absolute atomic E-state index is 0.0611. The number of methoxy groups -OCH3 is 1. The van der Waals surface area contributed by atoms with E-state index in [0.29, 0.717) is 39.0 Å². The number of anilines is 1. The molecule has 42 heavy (non-hydrogen) atoms. The largest absolute Gasteiger partial charge is 0.453 e. The summed E-state index contributed by atoms with van der Waals surface area (Å²) < 4.78 is 6.05. The molecule has 0 aliphatic heterocycles. The van der Waals surface area contributed by atoms with Crippen LogP contribution in [0.15, 0.2) is 54.9 Å². The highest BCUT2D eigenvalue weighted by atomic mass is 35.5. The number of rotatable bonds is 10. The van der Waals surface area contributed by atoms with Gasteiger partial charge in [0.1, 0.15) is 23.0 Å². The first kappa shape index (κ1) is 28.8. The van der Waals surface area contributed by atoms with Crippen molar-refractivity contribution in [2.75, 3.05) is 12.4 Å². The second-order valence-corrected chi connectivity index (χ2v) is 10.2. The van der Waals surface area contributed by atoms with Gasteiger partial charge >= 0.3 is 6.09 Å². The van der Waals surface area contributed by atoms with Crippen molar-refractivity contribution in [1.29, 1.82) is 0 Å². The normalized spacial score (nSPS) is 13.5. The summed E-state index contributed by atoms with van der Waals surface area (Å²) in [5, 5.41) is 20.2. The number of imidazole rings is 1. The molecular weight excluding hydrogens is 585 g/mol. The van der Waals surface area contributed by atoms with Gasteiger partial charge in [0.05, 0.1) is 25.3 Å².